The van der Waals surface area contributed by atoms with E-state index in [9.17, 15) is 9.59 Å². The third-order valence-corrected chi connectivity index (χ3v) is 5.93. The number of carbonyl (C=O) groups excluding carboxylic acids is 2. The molecule has 186 valence electrons. The fourth-order valence-electron chi connectivity index (χ4n) is 4.16. The number of carbonyl (C=O) groups is 2. The molecule has 1 aliphatic carbocycles. The Hall–Kier alpha value is -1.99. The molecule has 1 saturated carbocycles. The van der Waals surface area contributed by atoms with Gasteiger partial charge in [-0.3, -0.25) is 9.59 Å². The van der Waals surface area contributed by atoms with Gasteiger partial charge in [-0.05, 0) is 57.7 Å². The summed E-state index contributed by atoms with van der Waals surface area (Å²) in [4.78, 5) is 28.0. The van der Waals surface area contributed by atoms with Crippen molar-refractivity contribution in [1.29, 1.82) is 0 Å². The van der Waals surface area contributed by atoms with E-state index in [2.05, 4.69) is 5.32 Å². The molecule has 0 heterocycles. The summed E-state index contributed by atoms with van der Waals surface area (Å²) in [6.45, 7) is 7.27. The van der Waals surface area contributed by atoms with Gasteiger partial charge in [0.25, 0.3) is 0 Å². The van der Waals surface area contributed by atoms with E-state index < -0.39 is 6.04 Å². The van der Waals surface area contributed by atoms with Gasteiger partial charge in [-0.15, -0.1) is 11.6 Å². The Labute approximate surface area is 203 Å². The normalized spacial score (nSPS) is 15.2. The summed E-state index contributed by atoms with van der Waals surface area (Å²) < 4.78 is 16.8. The first-order valence-corrected chi connectivity index (χ1v) is 12.5. The first-order valence-electron chi connectivity index (χ1n) is 12.0. The van der Waals surface area contributed by atoms with Gasteiger partial charge < -0.3 is 24.4 Å². The Bertz CT molecular complexity index is 752. The number of benzene rings is 1. The number of hydrogen-bond donors (Lipinski definition) is 1. The van der Waals surface area contributed by atoms with Gasteiger partial charge in [0.2, 0.25) is 11.8 Å². The summed E-state index contributed by atoms with van der Waals surface area (Å²) in [7, 11) is 1.56. The van der Waals surface area contributed by atoms with Gasteiger partial charge in [0.05, 0.1) is 13.2 Å². The van der Waals surface area contributed by atoms with E-state index in [-0.39, 0.29) is 29.8 Å². The minimum absolute atomic E-state index is 0.0250. The lowest BCUT2D eigenvalue weighted by Gasteiger charge is -2.33. The Kier molecular flexibility index (Phi) is 11.8. The molecule has 0 aromatic heterocycles. The van der Waals surface area contributed by atoms with Crippen LogP contribution in [0.5, 0.6) is 11.5 Å². The highest BCUT2D eigenvalue weighted by atomic mass is 35.5. The molecule has 0 unspecified atom stereocenters. The lowest BCUT2D eigenvalue weighted by atomic mass is 9.94. The molecular weight excluding hydrogens is 444 g/mol. The Balaban J connectivity index is 2.38. The maximum absolute atomic E-state index is 13.6. The van der Waals surface area contributed by atoms with Gasteiger partial charge in [0.15, 0.2) is 11.5 Å². The van der Waals surface area contributed by atoms with Crippen molar-refractivity contribution in [3.8, 4) is 11.5 Å². The van der Waals surface area contributed by atoms with E-state index in [0.717, 1.165) is 25.7 Å². The Morgan fingerprint density at radius 1 is 1.18 bits per heavy atom. The first-order chi connectivity index (χ1) is 15.9. The first kappa shape index (κ1) is 27.3. The van der Waals surface area contributed by atoms with Crippen molar-refractivity contribution in [2.24, 2.45) is 0 Å². The molecule has 1 aromatic carbocycles. The molecule has 2 amide bonds. The quantitative estimate of drug-likeness (QED) is 0.331. The van der Waals surface area contributed by atoms with Gasteiger partial charge in [-0.25, -0.2) is 0 Å². The van der Waals surface area contributed by atoms with Crippen LogP contribution in [0.1, 0.15) is 70.9 Å². The third-order valence-electron chi connectivity index (χ3n) is 5.70. The number of nitrogens with zero attached hydrogens (tertiary/aromatic N) is 1. The maximum Gasteiger partial charge on any atom is 0.247 e. The molecule has 1 atom stereocenters. The summed E-state index contributed by atoms with van der Waals surface area (Å²) in [5.41, 5.74) is 0.658. The van der Waals surface area contributed by atoms with Crippen molar-refractivity contribution in [3.05, 3.63) is 23.8 Å². The summed E-state index contributed by atoms with van der Waals surface area (Å²) in [5, 5.41) is 3.18. The van der Waals surface area contributed by atoms with E-state index >= 15 is 0 Å². The number of rotatable bonds is 13. The van der Waals surface area contributed by atoms with E-state index in [1.807, 2.05) is 26.8 Å². The van der Waals surface area contributed by atoms with Crippen LogP contribution in [0.15, 0.2) is 18.2 Å². The molecular formula is C25H39ClN2O5. The lowest BCUT2D eigenvalue weighted by molar-refractivity contribution is -0.139. The van der Waals surface area contributed by atoms with Crippen LogP contribution in [0.3, 0.4) is 0 Å². The molecule has 8 heteroatoms. The van der Waals surface area contributed by atoms with Crippen molar-refractivity contribution >= 4 is 23.4 Å². The molecule has 33 heavy (non-hydrogen) atoms. The fraction of sp³-hybridized carbons (Fsp3) is 0.680. The van der Waals surface area contributed by atoms with Crippen LogP contribution in [0, 0.1) is 0 Å². The lowest BCUT2D eigenvalue weighted by Crippen LogP contribution is -2.48. The van der Waals surface area contributed by atoms with Crippen LogP contribution in [0.4, 0.5) is 0 Å². The molecule has 1 fully saturated rings. The topological polar surface area (TPSA) is 77.1 Å². The minimum atomic E-state index is -0.818. The van der Waals surface area contributed by atoms with Gasteiger partial charge in [-0.2, -0.15) is 0 Å². The van der Waals surface area contributed by atoms with E-state index in [1.54, 1.807) is 24.1 Å². The fourth-order valence-corrected chi connectivity index (χ4v) is 4.31. The molecule has 0 radical (unpaired) electrons. The maximum atomic E-state index is 13.6. The number of hydrogen-bond acceptors (Lipinski definition) is 5. The third kappa shape index (κ3) is 8.38. The van der Waals surface area contributed by atoms with Crippen molar-refractivity contribution in [2.75, 3.05) is 32.7 Å². The van der Waals surface area contributed by atoms with Crippen molar-refractivity contribution in [2.45, 2.75) is 77.5 Å². The second kappa shape index (κ2) is 14.3. The number of halogens is 1. The minimum Gasteiger partial charge on any atom is -0.493 e. The van der Waals surface area contributed by atoms with Gasteiger partial charge in [-0.1, -0.05) is 25.3 Å². The zero-order chi connectivity index (χ0) is 24.2. The average Bonchev–Trinajstić information content (AvgIpc) is 2.81. The Morgan fingerprint density at radius 2 is 1.91 bits per heavy atom. The van der Waals surface area contributed by atoms with Crippen LogP contribution in [-0.4, -0.2) is 61.6 Å². The number of methoxy groups -OCH3 is 1. The van der Waals surface area contributed by atoms with Crippen molar-refractivity contribution in [3.63, 3.8) is 0 Å². The summed E-state index contributed by atoms with van der Waals surface area (Å²) in [6, 6.07) is 4.69. The molecule has 7 nitrogen and oxygen atoms in total. The number of ether oxygens (including phenoxy) is 3. The van der Waals surface area contributed by atoms with Crippen LogP contribution >= 0.6 is 11.6 Å². The summed E-state index contributed by atoms with van der Waals surface area (Å²) in [6.07, 6.45) is 5.89. The van der Waals surface area contributed by atoms with Gasteiger partial charge >= 0.3 is 0 Å². The predicted octanol–water partition coefficient (Wildman–Crippen LogP) is 4.47. The Morgan fingerprint density at radius 3 is 2.52 bits per heavy atom. The predicted molar refractivity (Wildman–Crippen MR) is 130 cm³/mol. The number of amides is 2. The van der Waals surface area contributed by atoms with Crippen LogP contribution in [0.25, 0.3) is 0 Å². The summed E-state index contributed by atoms with van der Waals surface area (Å²) in [5.74, 6) is 0.418. The highest BCUT2D eigenvalue weighted by Crippen LogP contribution is 2.33. The molecule has 2 rings (SSSR count). The molecule has 1 N–H and O–H groups in total. The summed E-state index contributed by atoms with van der Waals surface area (Å²) >= 11 is 5.96. The second-order valence-corrected chi connectivity index (χ2v) is 8.86. The average molecular weight is 483 g/mol. The van der Waals surface area contributed by atoms with E-state index in [1.165, 1.54) is 6.42 Å². The smallest absolute Gasteiger partial charge is 0.247 e. The molecule has 1 aliphatic rings. The zero-order valence-electron chi connectivity index (χ0n) is 20.4. The molecule has 0 saturated heterocycles. The van der Waals surface area contributed by atoms with Crippen molar-refractivity contribution in [1.82, 2.24) is 10.2 Å². The SMILES string of the molecule is CCOCCCN(C(=O)CCl)[C@@H](C(=O)NC1CCCCC1)c1ccc(OC(C)C)c(OC)c1. The highest BCUT2D eigenvalue weighted by molar-refractivity contribution is 6.27. The second-order valence-electron chi connectivity index (χ2n) is 8.59. The standard InChI is InChI=1S/C25H39ClN2O5/c1-5-32-15-9-14-28(23(29)17-26)24(25(30)27-20-10-7-6-8-11-20)19-12-13-21(33-18(2)3)22(16-19)31-4/h12-13,16,18,20,24H,5-11,14-15,17H2,1-4H3,(H,27,30)/t24-/m1/s1. The largest absolute Gasteiger partial charge is 0.493 e. The monoisotopic (exact) mass is 482 g/mol. The van der Waals surface area contributed by atoms with Crippen LogP contribution in [0.2, 0.25) is 0 Å². The molecule has 0 aliphatic heterocycles. The number of nitrogens with one attached hydrogen (secondary N) is 1. The zero-order valence-corrected chi connectivity index (χ0v) is 21.2. The van der Waals surface area contributed by atoms with Crippen molar-refractivity contribution < 1.29 is 23.8 Å². The van der Waals surface area contributed by atoms with Crippen LogP contribution < -0.4 is 14.8 Å². The van der Waals surface area contributed by atoms with Gasteiger partial charge in [0, 0.05) is 25.8 Å². The molecule has 1 aromatic rings. The van der Waals surface area contributed by atoms with Gasteiger partial charge in [0.1, 0.15) is 11.9 Å². The number of alkyl halides is 1. The van der Waals surface area contributed by atoms with Crippen LogP contribution in [-0.2, 0) is 14.3 Å². The van der Waals surface area contributed by atoms with E-state index in [0.29, 0.717) is 43.2 Å². The van der Waals surface area contributed by atoms with E-state index in [4.69, 9.17) is 25.8 Å². The molecule has 0 bridgehead atoms. The highest BCUT2D eigenvalue weighted by Gasteiger charge is 2.33. The molecule has 0 spiro atoms.